The Labute approximate surface area is 183 Å². The lowest BCUT2D eigenvalue weighted by Gasteiger charge is -2.20. The number of pyridine rings is 1. The molecule has 0 aliphatic carbocycles. The number of nitrogens with zero attached hydrogens (tertiary/aromatic N) is 4. The van der Waals surface area contributed by atoms with Gasteiger partial charge in [-0.25, -0.2) is 4.68 Å². The largest absolute Gasteiger partial charge is 0.389 e. The van der Waals surface area contributed by atoms with Gasteiger partial charge in [-0.3, -0.25) is 20.1 Å². The van der Waals surface area contributed by atoms with Crippen molar-refractivity contribution in [1.82, 2.24) is 14.8 Å². The second kappa shape index (κ2) is 10.6. The Hall–Kier alpha value is -2.07. The number of halogens is 4. The lowest BCUT2D eigenvalue weighted by molar-refractivity contribution is -0.129. The number of hydrogen-bond donors (Lipinski definition) is 1. The van der Waals surface area contributed by atoms with Crippen LogP contribution in [0.25, 0.3) is 5.69 Å². The SMILES string of the molecule is C#CCN(C(=O)C(=N)CSCCC(F)(F)F)c1cn(-c2cccnc2)nc1CI. The van der Waals surface area contributed by atoms with Crippen molar-refractivity contribution in [2.24, 2.45) is 0 Å². The molecule has 0 bridgehead atoms. The standard InChI is InChI=1S/C18H17F3IN5OS/c1-2-7-26(17(28)14(23)12-29-8-5-18(19,20)21)16-11-27(25-15(16)9-22)13-4-3-6-24-10-13/h1,3-4,6,10-11,23H,5,7-9,12H2. The van der Waals surface area contributed by atoms with Gasteiger partial charge in [-0.05, 0) is 12.1 Å². The first-order chi connectivity index (χ1) is 13.8. The maximum Gasteiger partial charge on any atom is 0.389 e. The number of nitrogens with one attached hydrogen (secondary N) is 1. The second-order valence-corrected chi connectivity index (χ2v) is 7.61. The van der Waals surface area contributed by atoms with E-state index in [1.807, 2.05) is 0 Å². The fourth-order valence-corrected chi connectivity index (χ4v) is 3.68. The highest BCUT2D eigenvalue weighted by atomic mass is 127. The van der Waals surface area contributed by atoms with E-state index in [1.54, 1.807) is 35.4 Å². The van der Waals surface area contributed by atoms with Gasteiger partial charge in [0.25, 0.3) is 5.91 Å². The summed E-state index contributed by atoms with van der Waals surface area (Å²) in [5, 5.41) is 12.4. The van der Waals surface area contributed by atoms with Crippen LogP contribution in [0, 0.1) is 17.8 Å². The molecule has 2 heterocycles. The van der Waals surface area contributed by atoms with Gasteiger partial charge in [0.15, 0.2) is 0 Å². The molecule has 0 aliphatic rings. The van der Waals surface area contributed by atoms with Crippen LogP contribution in [-0.2, 0) is 9.22 Å². The smallest absolute Gasteiger partial charge is 0.299 e. The van der Waals surface area contributed by atoms with E-state index in [4.69, 9.17) is 11.8 Å². The molecule has 1 amide bonds. The van der Waals surface area contributed by atoms with E-state index >= 15 is 0 Å². The Morgan fingerprint density at radius 1 is 1.45 bits per heavy atom. The summed E-state index contributed by atoms with van der Waals surface area (Å²) < 4.78 is 38.8. The van der Waals surface area contributed by atoms with Gasteiger partial charge in [-0.15, -0.1) is 6.42 Å². The van der Waals surface area contributed by atoms with Gasteiger partial charge >= 0.3 is 6.18 Å². The number of alkyl halides is 4. The molecule has 0 saturated heterocycles. The molecule has 1 N–H and O–H groups in total. The fourth-order valence-electron chi connectivity index (χ4n) is 2.29. The maximum absolute atomic E-state index is 12.8. The minimum absolute atomic E-state index is 0.0865. The Kier molecular flexibility index (Phi) is 8.51. The Bertz CT molecular complexity index is 895. The normalized spacial score (nSPS) is 11.1. The summed E-state index contributed by atoms with van der Waals surface area (Å²) in [7, 11) is 0. The van der Waals surface area contributed by atoms with Gasteiger partial charge in [0.1, 0.15) is 5.71 Å². The molecular formula is C18H17F3IN5OS. The van der Waals surface area contributed by atoms with Crippen molar-refractivity contribution in [2.45, 2.75) is 17.0 Å². The van der Waals surface area contributed by atoms with Crippen LogP contribution in [0.3, 0.4) is 0 Å². The Morgan fingerprint density at radius 2 is 2.21 bits per heavy atom. The summed E-state index contributed by atoms with van der Waals surface area (Å²) in [6.45, 7) is -0.0865. The highest BCUT2D eigenvalue weighted by Crippen LogP contribution is 2.25. The highest BCUT2D eigenvalue weighted by molar-refractivity contribution is 14.1. The number of terminal acetylenes is 1. The third kappa shape index (κ3) is 6.74. The van der Waals surface area contributed by atoms with Gasteiger partial charge in [-0.2, -0.15) is 30.0 Å². The number of aromatic nitrogens is 3. The van der Waals surface area contributed by atoms with E-state index in [9.17, 15) is 18.0 Å². The molecule has 154 valence electrons. The van der Waals surface area contributed by atoms with Crippen LogP contribution in [0.4, 0.5) is 18.9 Å². The first-order valence-corrected chi connectivity index (χ1v) is 11.0. The van der Waals surface area contributed by atoms with Crippen molar-refractivity contribution in [3.05, 3.63) is 36.4 Å². The zero-order valence-corrected chi connectivity index (χ0v) is 18.1. The predicted molar refractivity (Wildman–Crippen MR) is 116 cm³/mol. The molecular weight excluding hydrogens is 518 g/mol. The van der Waals surface area contributed by atoms with Gasteiger partial charge in [0, 0.05) is 22.1 Å². The van der Waals surface area contributed by atoms with E-state index < -0.39 is 18.5 Å². The number of anilines is 1. The summed E-state index contributed by atoms with van der Waals surface area (Å²) in [5.41, 5.74) is 1.42. The van der Waals surface area contributed by atoms with Crippen LogP contribution >= 0.6 is 34.4 Å². The predicted octanol–water partition coefficient (Wildman–Crippen LogP) is 3.87. The van der Waals surface area contributed by atoms with Gasteiger partial charge in [0.2, 0.25) is 0 Å². The molecule has 0 aromatic carbocycles. The van der Waals surface area contributed by atoms with E-state index in [0.717, 1.165) is 11.8 Å². The number of carbonyl (C=O) groups excluding carboxylic acids is 1. The molecule has 0 fully saturated rings. The summed E-state index contributed by atoms with van der Waals surface area (Å²) in [5.74, 6) is 1.39. The second-order valence-electron chi connectivity index (χ2n) is 5.74. The van der Waals surface area contributed by atoms with Crippen LogP contribution in [0.1, 0.15) is 12.1 Å². The fraction of sp³-hybridized carbons (Fsp3) is 0.333. The molecule has 2 rings (SSSR count). The van der Waals surface area contributed by atoms with Crippen LogP contribution in [-0.4, -0.2) is 50.6 Å². The first kappa shape index (κ1) is 23.2. The lowest BCUT2D eigenvalue weighted by atomic mass is 10.3. The van der Waals surface area contributed by atoms with Crippen LogP contribution in [0.15, 0.2) is 30.7 Å². The molecule has 0 unspecified atom stereocenters. The third-order valence-electron chi connectivity index (χ3n) is 3.63. The minimum Gasteiger partial charge on any atom is -0.299 e. The van der Waals surface area contributed by atoms with E-state index in [1.165, 1.54) is 4.90 Å². The zero-order chi connectivity index (χ0) is 21.4. The van der Waals surface area contributed by atoms with E-state index in [-0.39, 0.29) is 23.8 Å². The molecule has 0 spiro atoms. The van der Waals surface area contributed by atoms with Crippen molar-refractivity contribution in [3.63, 3.8) is 0 Å². The maximum atomic E-state index is 12.8. The summed E-state index contributed by atoms with van der Waals surface area (Å²) >= 11 is 2.99. The summed E-state index contributed by atoms with van der Waals surface area (Å²) in [4.78, 5) is 18.0. The molecule has 0 saturated carbocycles. The van der Waals surface area contributed by atoms with Crippen LogP contribution in [0.5, 0.6) is 0 Å². The number of rotatable bonds is 9. The van der Waals surface area contributed by atoms with Crippen molar-refractivity contribution in [1.29, 1.82) is 5.41 Å². The summed E-state index contributed by atoms with van der Waals surface area (Å²) in [6.07, 6.45) is 5.04. The minimum atomic E-state index is -4.26. The molecule has 0 atom stereocenters. The number of carbonyl (C=O) groups is 1. The van der Waals surface area contributed by atoms with Crippen molar-refractivity contribution in [2.75, 3.05) is 23.0 Å². The first-order valence-electron chi connectivity index (χ1n) is 8.29. The molecule has 2 aromatic rings. The van der Waals surface area contributed by atoms with E-state index in [0.29, 0.717) is 21.5 Å². The average molecular weight is 535 g/mol. The molecule has 6 nitrogen and oxygen atoms in total. The van der Waals surface area contributed by atoms with Crippen molar-refractivity contribution < 1.29 is 18.0 Å². The van der Waals surface area contributed by atoms with Gasteiger partial charge in [0.05, 0.1) is 42.4 Å². The molecule has 29 heavy (non-hydrogen) atoms. The van der Waals surface area contributed by atoms with Gasteiger partial charge < -0.3 is 0 Å². The quantitative estimate of drug-likeness (QED) is 0.174. The number of thioether (sulfide) groups is 1. The number of hydrogen-bond acceptors (Lipinski definition) is 5. The Morgan fingerprint density at radius 3 is 2.79 bits per heavy atom. The molecule has 0 aliphatic heterocycles. The molecule has 2 aromatic heterocycles. The van der Waals surface area contributed by atoms with Crippen molar-refractivity contribution in [3.8, 4) is 18.0 Å². The zero-order valence-electron chi connectivity index (χ0n) is 15.1. The topological polar surface area (TPSA) is 74.9 Å². The van der Waals surface area contributed by atoms with Crippen molar-refractivity contribution >= 4 is 51.7 Å². The molecule has 0 radical (unpaired) electrons. The van der Waals surface area contributed by atoms with Gasteiger partial charge in [-0.1, -0.05) is 28.5 Å². The summed E-state index contributed by atoms with van der Waals surface area (Å²) in [6, 6.07) is 3.55. The monoisotopic (exact) mass is 535 g/mol. The third-order valence-corrected chi connectivity index (χ3v) is 5.33. The van der Waals surface area contributed by atoms with Crippen LogP contribution < -0.4 is 4.90 Å². The number of amides is 1. The lowest BCUT2D eigenvalue weighted by Crippen LogP contribution is -2.38. The highest BCUT2D eigenvalue weighted by Gasteiger charge is 2.27. The molecule has 11 heteroatoms. The van der Waals surface area contributed by atoms with E-state index in [2.05, 4.69) is 38.6 Å². The van der Waals surface area contributed by atoms with Crippen LogP contribution in [0.2, 0.25) is 0 Å². The Balaban J connectivity index is 2.18. The average Bonchev–Trinajstić information content (AvgIpc) is 3.12.